The molecule has 1 N–H and O–H groups in total. The SMILES string of the molecule is CCc1nc2cc(NC(=O)c3csc(-c4cnn(C)c4)n3)ccc2o1. The zero-order valence-corrected chi connectivity index (χ0v) is 14.5. The summed E-state index contributed by atoms with van der Waals surface area (Å²) in [4.78, 5) is 21.2. The highest BCUT2D eigenvalue weighted by atomic mass is 32.1. The van der Waals surface area contributed by atoms with Gasteiger partial charge in [-0.05, 0) is 18.2 Å². The summed E-state index contributed by atoms with van der Waals surface area (Å²) in [5, 5.41) is 9.47. The van der Waals surface area contributed by atoms with Crippen LogP contribution in [0.4, 0.5) is 5.69 Å². The van der Waals surface area contributed by atoms with Crippen molar-refractivity contribution in [1.29, 1.82) is 0 Å². The minimum Gasteiger partial charge on any atom is -0.441 e. The standard InChI is InChI=1S/C17H15N5O2S/c1-3-15-20-12-6-11(4-5-14(12)24-15)19-16(23)13-9-25-17(21-13)10-7-18-22(2)8-10/h4-9H,3H2,1-2H3,(H,19,23). The van der Waals surface area contributed by atoms with Crippen LogP contribution in [0, 0.1) is 0 Å². The van der Waals surface area contributed by atoms with Gasteiger partial charge in [0.15, 0.2) is 11.5 Å². The van der Waals surface area contributed by atoms with Gasteiger partial charge in [0, 0.05) is 36.3 Å². The van der Waals surface area contributed by atoms with E-state index < -0.39 is 0 Å². The number of hydrogen-bond donors (Lipinski definition) is 1. The van der Waals surface area contributed by atoms with E-state index in [0.717, 1.165) is 22.5 Å². The van der Waals surface area contributed by atoms with Crippen LogP contribution in [0.2, 0.25) is 0 Å². The molecule has 3 heterocycles. The van der Waals surface area contributed by atoms with Crippen molar-refractivity contribution in [2.45, 2.75) is 13.3 Å². The number of nitrogens with one attached hydrogen (secondary N) is 1. The molecule has 0 spiro atoms. The lowest BCUT2D eigenvalue weighted by Gasteiger charge is -2.02. The Morgan fingerprint density at radius 3 is 3.00 bits per heavy atom. The summed E-state index contributed by atoms with van der Waals surface area (Å²) >= 11 is 1.41. The van der Waals surface area contributed by atoms with Crippen molar-refractivity contribution in [3.8, 4) is 10.6 Å². The van der Waals surface area contributed by atoms with Crippen molar-refractivity contribution >= 4 is 34.0 Å². The quantitative estimate of drug-likeness (QED) is 0.607. The van der Waals surface area contributed by atoms with E-state index in [0.29, 0.717) is 22.9 Å². The third kappa shape index (κ3) is 3.03. The molecule has 0 bridgehead atoms. The van der Waals surface area contributed by atoms with Crippen LogP contribution in [0.5, 0.6) is 0 Å². The maximum absolute atomic E-state index is 12.4. The van der Waals surface area contributed by atoms with Crippen LogP contribution >= 0.6 is 11.3 Å². The summed E-state index contributed by atoms with van der Waals surface area (Å²) < 4.78 is 7.28. The molecule has 4 aromatic rings. The van der Waals surface area contributed by atoms with E-state index in [1.54, 1.807) is 34.5 Å². The van der Waals surface area contributed by atoms with Crippen LogP contribution in [0.1, 0.15) is 23.3 Å². The largest absolute Gasteiger partial charge is 0.441 e. The highest BCUT2D eigenvalue weighted by Crippen LogP contribution is 2.24. The van der Waals surface area contributed by atoms with Gasteiger partial charge in [-0.25, -0.2) is 9.97 Å². The van der Waals surface area contributed by atoms with Crippen molar-refractivity contribution in [3.05, 3.63) is 47.6 Å². The number of carbonyl (C=O) groups is 1. The lowest BCUT2D eigenvalue weighted by molar-refractivity contribution is 0.102. The zero-order valence-electron chi connectivity index (χ0n) is 13.7. The Morgan fingerprint density at radius 1 is 1.36 bits per heavy atom. The van der Waals surface area contributed by atoms with Crippen molar-refractivity contribution in [2.24, 2.45) is 7.05 Å². The molecule has 7 nitrogen and oxygen atoms in total. The number of thiazole rings is 1. The van der Waals surface area contributed by atoms with Gasteiger partial charge >= 0.3 is 0 Å². The molecule has 1 amide bonds. The highest BCUT2D eigenvalue weighted by molar-refractivity contribution is 7.13. The molecule has 3 aromatic heterocycles. The average Bonchev–Trinajstić information content (AvgIpc) is 3.32. The zero-order chi connectivity index (χ0) is 17.4. The highest BCUT2D eigenvalue weighted by Gasteiger charge is 2.14. The van der Waals surface area contributed by atoms with Gasteiger partial charge in [-0.1, -0.05) is 6.92 Å². The Morgan fingerprint density at radius 2 is 2.24 bits per heavy atom. The first-order valence-corrected chi connectivity index (χ1v) is 8.65. The molecule has 0 unspecified atom stereocenters. The Kier molecular flexibility index (Phi) is 3.81. The van der Waals surface area contributed by atoms with Gasteiger partial charge < -0.3 is 9.73 Å². The third-order valence-electron chi connectivity index (χ3n) is 3.68. The maximum Gasteiger partial charge on any atom is 0.275 e. The maximum atomic E-state index is 12.4. The van der Waals surface area contributed by atoms with Crippen LogP contribution in [0.15, 0.2) is 40.4 Å². The molecular formula is C17H15N5O2S. The van der Waals surface area contributed by atoms with Crippen molar-refractivity contribution in [3.63, 3.8) is 0 Å². The number of aryl methyl sites for hydroxylation is 2. The minimum atomic E-state index is -0.259. The molecular weight excluding hydrogens is 338 g/mol. The van der Waals surface area contributed by atoms with E-state index in [1.807, 2.05) is 20.2 Å². The van der Waals surface area contributed by atoms with Crippen LogP contribution in [-0.2, 0) is 13.5 Å². The Bertz CT molecular complexity index is 1060. The van der Waals surface area contributed by atoms with Crippen molar-refractivity contribution < 1.29 is 9.21 Å². The molecule has 0 aliphatic rings. The number of amides is 1. The number of anilines is 1. The number of hydrogen-bond acceptors (Lipinski definition) is 6. The Labute approximate surface area is 147 Å². The first-order valence-electron chi connectivity index (χ1n) is 7.77. The predicted octanol–water partition coefficient (Wildman–Crippen LogP) is 3.50. The smallest absolute Gasteiger partial charge is 0.275 e. The number of nitrogens with zero attached hydrogens (tertiary/aromatic N) is 4. The predicted molar refractivity (Wildman–Crippen MR) is 95.7 cm³/mol. The van der Waals surface area contributed by atoms with Gasteiger partial charge in [-0.3, -0.25) is 9.48 Å². The first kappa shape index (κ1) is 15.5. The topological polar surface area (TPSA) is 85.8 Å². The van der Waals surface area contributed by atoms with Gasteiger partial charge in [-0.2, -0.15) is 5.10 Å². The lowest BCUT2D eigenvalue weighted by atomic mass is 10.3. The van der Waals surface area contributed by atoms with E-state index in [-0.39, 0.29) is 5.91 Å². The average molecular weight is 353 g/mol. The first-order chi connectivity index (χ1) is 12.1. The molecule has 0 saturated heterocycles. The number of fused-ring (bicyclic) bond motifs is 1. The molecule has 0 aliphatic carbocycles. The number of oxazole rings is 1. The van der Waals surface area contributed by atoms with Gasteiger partial charge in [-0.15, -0.1) is 11.3 Å². The minimum absolute atomic E-state index is 0.259. The van der Waals surface area contributed by atoms with E-state index in [2.05, 4.69) is 20.4 Å². The summed E-state index contributed by atoms with van der Waals surface area (Å²) in [5.74, 6) is 0.420. The second-order valence-corrected chi connectivity index (χ2v) is 6.40. The second kappa shape index (κ2) is 6.14. The fourth-order valence-corrected chi connectivity index (χ4v) is 3.22. The Hall–Kier alpha value is -3.00. The summed E-state index contributed by atoms with van der Waals surface area (Å²) in [7, 11) is 1.84. The fourth-order valence-electron chi connectivity index (χ4n) is 2.44. The third-order valence-corrected chi connectivity index (χ3v) is 4.57. The number of benzene rings is 1. The molecule has 0 fully saturated rings. The molecule has 0 radical (unpaired) electrons. The van der Waals surface area contributed by atoms with Gasteiger partial charge in [0.2, 0.25) is 0 Å². The molecule has 0 saturated carbocycles. The van der Waals surface area contributed by atoms with Gasteiger partial charge in [0.1, 0.15) is 16.2 Å². The molecule has 4 rings (SSSR count). The van der Waals surface area contributed by atoms with Crippen LogP contribution < -0.4 is 5.32 Å². The number of carbonyl (C=O) groups excluding carboxylic acids is 1. The number of rotatable bonds is 4. The lowest BCUT2D eigenvalue weighted by Crippen LogP contribution is -2.12. The molecule has 1 aromatic carbocycles. The summed E-state index contributed by atoms with van der Waals surface area (Å²) in [6.07, 6.45) is 4.32. The molecule has 25 heavy (non-hydrogen) atoms. The number of aromatic nitrogens is 4. The summed E-state index contributed by atoms with van der Waals surface area (Å²) in [5.41, 5.74) is 3.36. The molecule has 8 heteroatoms. The van der Waals surface area contributed by atoms with E-state index >= 15 is 0 Å². The van der Waals surface area contributed by atoms with Gasteiger partial charge in [0.05, 0.1) is 6.20 Å². The van der Waals surface area contributed by atoms with Crippen LogP contribution in [0.3, 0.4) is 0 Å². The summed E-state index contributed by atoms with van der Waals surface area (Å²) in [6.45, 7) is 1.98. The molecule has 126 valence electrons. The fraction of sp³-hybridized carbons (Fsp3) is 0.176. The van der Waals surface area contributed by atoms with Gasteiger partial charge in [0.25, 0.3) is 5.91 Å². The summed E-state index contributed by atoms with van der Waals surface area (Å²) in [6, 6.07) is 5.39. The van der Waals surface area contributed by atoms with Crippen molar-refractivity contribution in [2.75, 3.05) is 5.32 Å². The Balaban J connectivity index is 1.54. The van der Waals surface area contributed by atoms with E-state index in [9.17, 15) is 4.79 Å². The van der Waals surface area contributed by atoms with Crippen molar-refractivity contribution in [1.82, 2.24) is 19.7 Å². The van der Waals surface area contributed by atoms with Crippen LogP contribution in [-0.4, -0.2) is 25.7 Å². The van der Waals surface area contributed by atoms with E-state index in [4.69, 9.17) is 4.42 Å². The molecule has 0 atom stereocenters. The molecule has 0 aliphatic heterocycles. The van der Waals surface area contributed by atoms with Crippen LogP contribution in [0.25, 0.3) is 21.7 Å². The second-order valence-electron chi connectivity index (χ2n) is 5.54. The van der Waals surface area contributed by atoms with E-state index in [1.165, 1.54) is 11.3 Å². The monoisotopic (exact) mass is 353 g/mol. The normalized spacial score (nSPS) is 11.1.